The second kappa shape index (κ2) is 15.3. The fourth-order valence-corrected chi connectivity index (χ4v) is 8.25. The lowest BCUT2D eigenvalue weighted by atomic mass is 9.69. The van der Waals surface area contributed by atoms with E-state index in [1.165, 1.54) is 22.4 Å². The van der Waals surface area contributed by atoms with Crippen molar-refractivity contribution < 1.29 is 37.4 Å². The highest BCUT2D eigenvalue weighted by Gasteiger charge is 2.56. The Morgan fingerprint density at radius 1 is 1.04 bits per heavy atom. The fraction of sp³-hybridized carbons (Fsp3) is 0.514. The molecule has 12 heteroatoms. The van der Waals surface area contributed by atoms with Gasteiger partial charge in [0.15, 0.2) is 0 Å². The van der Waals surface area contributed by atoms with Gasteiger partial charge in [-0.15, -0.1) is 11.3 Å². The van der Waals surface area contributed by atoms with Gasteiger partial charge in [0.1, 0.15) is 11.4 Å². The summed E-state index contributed by atoms with van der Waals surface area (Å²) in [6.07, 6.45) is 1.50. The molecule has 2 aliphatic heterocycles. The number of carboxylic acids is 1. The van der Waals surface area contributed by atoms with Crippen molar-refractivity contribution in [2.75, 3.05) is 19.6 Å². The summed E-state index contributed by atoms with van der Waals surface area (Å²) in [5.41, 5.74) is -2.38. The molecule has 2 aliphatic rings. The van der Waals surface area contributed by atoms with E-state index in [4.69, 9.17) is 4.74 Å². The molecule has 5 rings (SSSR count). The maximum atomic E-state index is 15.0. The van der Waals surface area contributed by atoms with Crippen LogP contribution < -0.4 is 4.74 Å². The maximum Gasteiger partial charge on any atom is 0.418 e. The molecule has 0 unspecified atom stereocenters. The lowest BCUT2D eigenvalue weighted by Gasteiger charge is -2.51. The second-order valence-electron chi connectivity index (χ2n) is 13.2. The minimum Gasteiger partial charge on any atom is -0.481 e. The number of piperidine rings is 2. The average molecular weight is 700 g/mol. The normalized spacial score (nSPS) is 21.0. The predicted molar refractivity (Wildman–Crippen MR) is 181 cm³/mol. The van der Waals surface area contributed by atoms with Crippen LogP contribution >= 0.6 is 11.3 Å². The number of rotatable bonds is 12. The molecule has 0 spiro atoms. The summed E-state index contributed by atoms with van der Waals surface area (Å²) in [5, 5.41) is 11.0. The molecule has 4 heterocycles. The third-order valence-corrected chi connectivity index (χ3v) is 10.9. The largest absolute Gasteiger partial charge is 0.481 e. The molecule has 8 nitrogen and oxygen atoms in total. The van der Waals surface area contributed by atoms with E-state index >= 15 is 0 Å². The SMILES string of the molecule is CCC[C@H]1N(C(=O)c2ncccc2C(F)(F)F)CCC[C@@]1(Oc1csc(C)c1)C(=O)N1CCC(CCCCC(=O)O)(c2ccccc2)CC1. The standard InChI is InChI=1S/C37H44F3N3O5S/c1-3-11-30-36(48-28-24-26(2)49-25-28,17-10-21-43(30)33(46)32-29(37(38,39)40)14-9-20-41-32)34(47)42-22-18-35(19-23-42,16-8-7-15-31(44)45)27-12-5-4-6-13-27/h4-6,9,12-14,20,24-25,30H,3,7-8,10-11,15-19,21-23H2,1-2H3,(H,44,45)/t30-,36+/m1/s1. The molecule has 3 aromatic rings. The van der Waals surface area contributed by atoms with Crippen LogP contribution in [0.25, 0.3) is 0 Å². The van der Waals surface area contributed by atoms with Crippen LogP contribution in [-0.4, -0.2) is 69.0 Å². The highest BCUT2D eigenvalue weighted by Crippen LogP contribution is 2.44. The molecule has 264 valence electrons. The van der Waals surface area contributed by atoms with Crippen LogP contribution in [0.2, 0.25) is 0 Å². The summed E-state index contributed by atoms with van der Waals surface area (Å²) in [7, 11) is 0. The van der Waals surface area contributed by atoms with Gasteiger partial charge in [-0.1, -0.05) is 50.1 Å². The number of pyridine rings is 1. The van der Waals surface area contributed by atoms with Gasteiger partial charge in [0.25, 0.3) is 11.8 Å². The Bertz CT molecular complexity index is 1610. The summed E-state index contributed by atoms with van der Waals surface area (Å²) < 4.78 is 48.8. The van der Waals surface area contributed by atoms with E-state index < -0.39 is 41.0 Å². The van der Waals surface area contributed by atoms with Crippen molar-refractivity contribution in [3.05, 3.63) is 81.8 Å². The number of carboxylic acid groups (broad SMARTS) is 1. The van der Waals surface area contributed by atoms with Gasteiger partial charge in [0.2, 0.25) is 5.60 Å². The van der Waals surface area contributed by atoms with Crippen LogP contribution in [0, 0.1) is 6.92 Å². The van der Waals surface area contributed by atoms with E-state index in [0.717, 1.165) is 35.4 Å². The number of aliphatic carboxylic acids is 1. The number of alkyl halides is 3. The van der Waals surface area contributed by atoms with Crippen LogP contribution in [-0.2, 0) is 21.2 Å². The highest BCUT2D eigenvalue weighted by molar-refractivity contribution is 7.10. The smallest absolute Gasteiger partial charge is 0.418 e. The summed E-state index contributed by atoms with van der Waals surface area (Å²) in [4.78, 5) is 48.3. The van der Waals surface area contributed by atoms with E-state index in [-0.39, 0.29) is 24.3 Å². The minimum absolute atomic E-state index is 0.106. The van der Waals surface area contributed by atoms with Gasteiger partial charge in [-0.25, -0.2) is 0 Å². The van der Waals surface area contributed by atoms with Gasteiger partial charge in [0, 0.05) is 48.9 Å². The maximum absolute atomic E-state index is 15.0. The fourth-order valence-electron chi connectivity index (χ4n) is 7.65. The van der Waals surface area contributed by atoms with E-state index in [0.29, 0.717) is 63.8 Å². The average Bonchev–Trinajstić information content (AvgIpc) is 3.51. The third-order valence-electron chi connectivity index (χ3n) is 10.1. The number of benzene rings is 1. The number of carbonyl (C=O) groups is 3. The quantitative estimate of drug-likeness (QED) is 0.193. The molecule has 1 N–H and O–H groups in total. The molecule has 0 aliphatic carbocycles. The molecule has 1 aromatic carbocycles. The third kappa shape index (κ3) is 7.95. The first-order valence-electron chi connectivity index (χ1n) is 17.0. The van der Waals surface area contributed by atoms with Crippen molar-refractivity contribution in [1.29, 1.82) is 0 Å². The summed E-state index contributed by atoms with van der Waals surface area (Å²) in [5.74, 6) is -1.46. The Balaban J connectivity index is 1.48. The Hall–Kier alpha value is -3.93. The number of likely N-dealkylation sites (tertiary alicyclic amines) is 2. The molecule has 2 amide bonds. The number of amides is 2. The summed E-state index contributed by atoms with van der Waals surface area (Å²) in [6, 6.07) is 13.2. The van der Waals surface area contributed by atoms with Crippen LogP contribution in [0.15, 0.2) is 60.1 Å². The molecule has 0 radical (unpaired) electrons. The van der Waals surface area contributed by atoms with Gasteiger partial charge in [-0.2, -0.15) is 13.2 Å². The number of carbonyl (C=O) groups excluding carboxylic acids is 2. The Kier molecular flexibility index (Phi) is 11.4. The molecule has 2 aromatic heterocycles. The topological polar surface area (TPSA) is 100 Å². The lowest BCUT2D eigenvalue weighted by Crippen LogP contribution is -2.68. The zero-order chi connectivity index (χ0) is 35.2. The molecule has 0 bridgehead atoms. The van der Waals surface area contributed by atoms with Crippen LogP contribution in [0.4, 0.5) is 13.2 Å². The first-order valence-corrected chi connectivity index (χ1v) is 17.9. The molecular weight excluding hydrogens is 655 g/mol. The first-order chi connectivity index (χ1) is 23.4. The van der Waals surface area contributed by atoms with Crippen LogP contribution in [0.1, 0.15) is 97.6 Å². The molecule has 49 heavy (non-hydrogen) atoms. The van der Waals surface area contributed by atoms with E-state index in [1.54, 1.807) is 4.90 Å². The lowest BCUT2D eigenvalue weighted by molar-refractivity contribution is -0.161. The monoisotopic (exact) mass is 699 g/mol. The molecule has 0 saturated carbocycles. The van der Waals surface area contributed by atoms with Gasteiger partial charge in [0.05, 0.1) is 11.6 Å². The first kappa shape index (κ1) is 36.4. The van der Waals surface area contributed by atoms with Gasteiger partial charge in [-0.3, -0.25) is 19.4 Å². The zero-order valence-corrected chi connectivity index (χ0v) is 28.8. The number of nitrogens with zero attached hydrogens (tertiary/aromatic N) is 3. The number of unbranched alkanes of at least 4 members (excludes halogenated alkanes) is 1. The summed E-state index contributed by atoms with van der Waals surface area (Å²) in [6.45, 7) is 4.86. The van der Waals surface area contributed by atoms with Crippen molar-refractivity contribution in [3.63, 3.8) is 0 Å². The number of hydrogen-bond donors (Lipinski definition) is 1. The number of aryl methyl sites for hydroxylation is 1. The molecule has 2 saturated heterocycles. The van der Waals surface area contributed by atoms with E-state index in [2.05, 4.69) is 17.1 Å². The molecular formula is C37H44F3N3O5S. The summed E-state index contributed by atoms with van der Waals surface area (Å²) >= 11 is 1.47. The van der Waals surface area contributed by atoms with Crippen molar-refractivity contribution in [2.45, 2.75) is 101 Å². The zero-order valence-electron chi connectivity index (χ0n) is 28.0. The van der Waals surface area contributed by atoms with Gasteiger partial charge < -0.3 is 19.6 Å². The van der Waals surface area contributed by atoms with Crippen molar-refractivity contribution in [3.8, 4) is 5.75 Å². The van der Waals surface area contributed by atoms with Crippen molar-refractivity contribution in [2.24, 2.45) is 0 Å². The van der Waals surface area contributed by atoms with E-state index in [9.17, 15) is 32.7 Å². The van der Waals surface area contributed by atoms with Crippen molar-refractivity contribution in [1.82, 2.24) is 14.8 Å². The van der Waals surface area contributed by atoms with Gasteiger partial charge >= 0.3 is 12.1 Å². The minimum atomic E-state index is -4.78. The van der Waals surface area contributed by atoms with Gasteiger partial charge in [-0.05, 0) is 74.6 Å². The number of ether oxygens (including phenoxy) is 1. The molecule has 2 fully saturated rings. The highest BCUT2D eigenvalue weighted by atomic mass is 32.1. The Morgan fingerprint density at radius 3 is 2.41 bits per heavy atom. The number of aromatic nitrogens is 1. The number of hydrogen-bond acceptors (Lipinski definition) is 6. The van der Waals surface area contributed by atoms with Crippen LogP contribution in [0.5, 0.6) is 5.75 Å². The number of halogens is 3. The predicted octanol–water partition coefficient (Wildman–Crippen LogP) is 7.90. The van der Waals surface area contributed by atoms with Crippen molar-refractivity contribution >= 4 is 29.1 Å². The van der Waals surface area contributed by atoms with Crippen LogP contribution in [0.3, 0.4) is 0 Å². The number of thiophene rings is 1. The second-order valence-corrected chi connectivity index (χ2v) is 14.3. The Labute approximate surface area is 289 Å². The Morgan fingerprint density at radius 2 is 1.78 bits per heavy atom. The van der Waals surface area contributed by atoms with E-state index in [1.807, 2.05) is 43.5 Å². The molecule has 2 atom stereocenters.